The summed E-state index contributed by atoms with van der Waals surface area (Å²) < 4.78 is 6.00. The third-order valence-corrected chi connectivity index (χ3v) is 8.29. The molecule has 0 bridgehead atoms. The van der Waals surface area contributed by atoms with Crippen LogP contribution in [-0.4, -0.2) is 23.6 Å². The van der Waals surface area contributed by atoms with Crippen LogP contribution in [0.5, 0.6) is 0 Å². The van der Waals surface area contributed by atoms with E-state index < -0.39 is 11.8 Å². The van der Waals surface area contributed by atoms with E-state index in [0.717, 1.165) is 42.5 Å². The number of carbonyl (C=O) groups excluding carboxylic acids is 2. The normalized spacial score (nSPS) is 25.2. The van der Waals surface area contributed by atoms with Crippen molar-refractivity contribution >= 4 is 40.7 Å². The van der Waals surface area contributed by atoms with Crippen molar-refractivity contribution in [2.75, 3.05) is 0 Å². The van der Waals surface area contributed by atoms with Gasteiger partial charge in [0.2, 0.25) is 0 Å². The van der Waals surface area contributed by atoms with E-state index in [9.17, 15) is 9.59 Å². The molecule has 0 N–H and O–H groups in total. The summed E-state index contributed by atoms with van der Waals surface area (Å²) in [4.78, 5) is 32.1. The predicted octanol–water partition coefficient (Wildman–Crippen LogP) is 7.44. The number of carbonyl (C=O) groups is 2. The van der Waals surface area contributed by atoms with Gasteiger partial charge < -0.3 is 4.74 Å². The van der Waals surface area contributed by atoms with Crippen molar-refractivity contribution in [3.8, 4) is 0 Å². The molecule has 182 valence electrons. The molecule has 5 rings (SSSR count). The molecule has 1 saturated carbocycles. The van der Waals surface area contributed by atoms with Crippen LogP contribution in [0.2, 0.25) is 10.0 Å². The average molecular weight is 510 g/mol. The van der Waals surface area contributed by atoms with Crippen LogP contribution in [0.1, 0.15) is 74.8 Å². The fourth-order valence-corrected chi connectivity index (χ4v) is 6.12. The van der Waals surface area contributed by atoms with Crippen LogP contribution < -0.4 is 0 Å². The molecule has 3 atom stereocenters. The summed E-state index contributed by atoms with van der Waals surface area (Å²) in [5.41, 5.74) is 3.99. The molecule has 0 amide bonds. The van der Waals surface area contributed by atoms with Crippen molar-refractivity contribution in [1.29, 1.82) is 0 Å². The first-order valence-electron chi connectivity index (χ1n) is 12.4. The second-order valence-corrected chi connectivity index (χ2v) is 10.7. The first kappa shape index (κ1) is 24.3. The van der Waals surface area contributed by atoms with Crippen LogP contribution in [0, 0.1) is 5.92 Å². The maximum Gasteiger partial charge on any atom is 0.315 e. The third kappa shape index (κ3) is 4.96. The number of rotatable bonds is 4. The van der Waals surface area contributed by atoms with Gasteiger partial charge in [0.25, 0.3) is 0 Å². The zero-order valence-electron chi connectivity index (χ0n) is 19.8. The molecule has 1 fully saturated rings. The smallest absolute Gasteiger partial charge is 0.315 e. The summed E-state index contributed by atoms with van der Waals surface area (Å²) in [7, 11) is 0. The summed E-state index contributed by atoms with van der Waals surface area (Å²) in [6.07, 6.45) is 6.07. The van der Waals surface area contributed by atoms with Crippen molar-refractivity contribution in [3.63, 3.8) is 0 Å². The lowest BCUT2D eigenvalue weighted by molar-refractivity contribution is -0.153. The molecule has 4 nitrogen and oxygen atoms in total. The van der Waals surface area contributed by atoms with Crippen LogP contribution in [0.25, 0.3) is 0 Å². The number of allylic oxidation sites excluding steroid dienone is 2. The quantitative estimate of drug-likeness (QED) is 0.402. The highest BCUT2D eigenvalue weighted by atomic mass is 35.5. The molecule has 2 aliphatic carbocycles. The first-order chi connectivity index (χ1) is 16.9. The molecular weight excluding hydrogens is 481 g/mol. The zero-order valence-corrected chi connectivity index (χ0v) is 21.3. The highest BCUT2D eigenvalue weighted by molar-refractivity contribution is 6.42. The minimum atomic E-state index is -0.662. The monoisotopic (exact) mass is 509 g/mol. The number of ether oxygens (including phenoxy) is 1. The molecule has 0 saturated heterocycles. The molecule has 0 aromatic heterocycles. The van der Waals surface area contributed by atoms with Gasteiger partial charge >= 0.3 is 5.97 Å². The van der Waals surface area contributed by atoms with Gasteiger partial charge in [0.05, 0.1) is 10.0 Å². The van der Waals surface area contributed by atoms with E-state index in [-0.39, 0.29) is 23.8 Å². The molecule has 1 unspecified atom stereocenters. The Morgan fingerprint density at radius 1 is 0.943 bits per heavy atom. The maximum atomic E-state index is 13.7. The number of hydrogen-bond acceptors (Lipinski definition) is 4. The Bertz CT molecular complexity index is 1200. The minimum absolute atomic E-state index is 0.0305. The number of Topliss-reactive ketones (excluding diaryl/α,β-unsaturated/α-hetero) is 1. The lowest BCUT2D eigenvalue weighted by Crippen LogP contribution is -2.39. The Balaban J connectivity index is 1.54. The van der Waals surface area contributed by atoms with Gasteiger partial charge in [0.15, 0.2) is 5.78 Å². The van der Waals surface area contributed by atoms with E-state index in [4.69, 9.17) is 32.9 Å². The molecule has 1 aliphatic heterocycles. The van der Waals surface area contributed by atoms with Crippen LogP contribution in [0.4, 0.5) is 0 Å². The molecular formula is C29H29Cl2NO3. The molecule has 1 heterocycles. The van der Waals surface area contributed by atoms with E-state index >= 15 is 0 Å². The van der Waals surface area contributed by atoms with Crippen LogP contribution in [-0.2, 0) is 14.3 Å². The molecule has 0 radical (unpaired) electrons. The van der Waals surface area contributed by atoms with Crippen LogP contribution in [0.15, 0.2) is 64.8 Å². The van der Waals surface area contributed by atoms with Crippen molar-refractivity contribution in [2.45, 2.75) is 69.8 Å². The largest absolute Gasteiger partial charge is 0.462 e. The van der Waals surface area contributed by atoms with E-state index in [1.165, 1.54) is 6.42 Å². The van der Waals surface area contributed by atoms with Gasteiger partial charge in [-0.25, -0.2) is 0 Å². The number of hydrogen-bond donors (Lipinski definition) is 0. The Morgan fingerprint density at radius 3 is 2.40 bits per heavy atom. The Hall–Kier alpha value is -2.43. The Morgan fingerprint density at radius 2 is 1.69 bits per heavy atom. The number of esters is 1. The van der Waals surface area contributed by atoms with Gasteiger partial charge in [-0.2, -0.15) is 0 Å². The molecule has 0 spiro atoms. The summed E-state index contributed by atoms with van der Waals surface area (Å²) in [5.74, 6) is -1.36. The lowest BCUT2D eigenvalue weighted by Gasteiger charge is -2.37. The summed E-state index contributed by atoms with van der Waals surface area (Å²) in [6.45, 7) is 1.87. The summed E-state index contributed by atoms with van der Waals surface area (Å²) in [5, 5.41) is 0.836. The maximum absolute atomic E-state index is 13.7. The first-order valence-corrected chi connectivity index (χ1v) is 13.2. The van der Waals surface area contributed by atoms with Gasteiger partial charge in [-0.1, -0.05) is 66.0 Å². The minimum Gasteiger partial charge on any atom is -0.462 e. The standard InChI is InChI=1S/C29H29Cl2NO3/c1-17-26(29(34)35-21-10-6-3-7-11-21)27(19-12-13-22(30)23(31)14-19)28-24(32-17)15-20(16-25(28)33)18-8-4-2-5-9-18/h2,4-5,8-9,12-14,20-21,26-27H,3,6-7,10-11,15-16H2,1H3/t20-,26?,27+/m1/s1. The fourth-order valence-electron chi connectivity index (χ4n) is 5.81. The van der Waals surface area contributed by atoms with Crippen molar-refractivity contribution in [3.05, 3.63) is 81.0 Å². The fraction of sp³-hybridized carbons (Fsp3) is 0.414. The number of benzene rings is 2. The molecule has 3 aliphatic rings. The van der Waals surface area contributed by atoms with Crippen molar-refractivity contribution in [2.24, 2.45) is 10.9 Å². The van der Waals surface area contributed by atoms with Crippen LogP contribution >= 0.6 is 23.2 Å². The van der Waals surface area contributed by atoms with E-state index in [1.807, 2.05) is 31.2 Å². The van der Waals surface area contributed by atoms with Gasteiger partial charge in [0, 0.05) is 29.3 Å². The third-order valence-electron chi connectivity index (χ3n) is 7.55. The average Bonchev–Trinajstić information content (AvgIpc) is 2.86. The zero-order chi connectivity index (χ0) is 24.5. The van der Waals surface area contributed by atoms with Crippen molar-refractivity contribution < 1.29 is 14.3 Å². The van der Waals surface area contributed by atoms with Gasteiger partial charge in [-0.05, 0) is 68.2 Å². The second-order valence-electron chi connectivity index (χ2n) is 9.88. The van der Waals surface area contributed by atoms with Crippen molar-refractivity contribution in [1.82, 2.24) is 0 Å². The van der Waals surface area contributed by atoms with Gasteiger partial charge in [-0.15, -0.1) is 0 Å². The predicted molar refractivity (Wildman–Crippen MR) is 139 cm³/mol. The highest BCUT2D eigenvalue weighted by Crippen LogP contribution is 2.47. The van der Waals surface area contributed by atoms with E-state index in [0.29, 0.717) is 34.2 Å². The summed E-state index contributed by atoms with van der Waals surface area (Å²) >= 11 is 12.6. The number of ketones is 1. The highest BCUT2D eigenvalue weighted by Gasteiger charge is 2.45. The molecule has 2 aromatic rings. The van der Waals surface area contributed by atoms with E-state index in [1.54, 1.807) is 12.1 Å². The van der Waals surface area contributed by atoms with Crippen LogP contribution in [0.3, 0.4) is 0 Å². The number of halogens is 2. The SMILES string of the molecule is CC1=NC2=C(C(=O)C[C@H](c3ccccc3)C2)[C@@H](c2ccc(Cl)c(Cl)c2)C1C(=O)OC1CCCCC1. The van der Waals surface area contributed by atoms with E-state index in [2.05, 4.69) is 12.1 Å². The molecule has 2 aromatic carbocycles. The lowest BCUT2D eigenvalue weighted by atomic mass is 9.69. The molecule has 35 heavy (non-hydrogen) atoms. The Kier molecular flexibility index (Phi) is 7.13. The number of nitrogens with zero attached hydrogens (tertiary/aromatic N) is 1. The van der Waals surface area contributed by atoms with Gasteiger partial charge in [0.1, 0.15) is 12.0 Å². The Labute approximate surface area is 216 Å². The summed E-state index contributed by atoms with van der Waals surface area (Å²) in [6, 6.07) is 15.4. The molecule has 6 heteroatoms. The topological polar surface area (TPSA) is 55.7 Å². The second kappa shape index (κ2) is 10.3. The van der Waals surface area contributed by atoms with Gasteiger partial charge in [-0.3, -0.25) is 14.6 Å². The number of aliphatic imine (C=N–C) groups is 1.